The number of nitrogens with zero attached hydrogens (tertiary/aromatic N) is 2. The molecule has 0 saturated heterocycles. The van der Waals surface area contributed by atoms with Crippen LogP contribution < -0.4 is 9.80 Å². The van der Waals surface area contributed by atoms with E-state index in [0.717, 1.165) is 32.3 Å². The largest absolute Gasteiger partial charge is 0.291 e. The molecule has 0 saturated carbocycles. The third kappa shape index (κ3) is 4.30. The van der Waals surface area contributed by atoms with Crippen LogP contribution in [0.3, 0.4) is 0 Å². The predicted octanol–water partition coefficient (Wildman–Crippen LogP) is 8.59. The lowest BCUT2D eigenvalue weighted by Crippen LogP contribution is -2.38. The quantitative estimate of drug-likeness (QED) is 0.222. The summed E-state index contributed by atoms with van der Waals surface area (Å²) in [5, 5.41) is -0.406. The van der Waals surface area contributed by atoms with Crippen molar-refractivity contribution in [1.29, 1.82) is 0 Å². The Morgan fingerprint density at radius 1 is 0.425 bits per heavy atom. The number of thioether (sulfide) groups is 2. The Balaban J connectivity index is 1.29. The van der Waals surface area contributed by atoms with Crippen LogP contribution in [0.15, 0.2) is 143 Å². The standard InChI is InChI=1S/C34H24N2O2S2/c37-31-27-15-7-9-17-29(27)39-33(23-11-3-1-4-12-23)35(31)25-19-21-26(22-20-25)36-32(38)28-16-8-10-18-30(28)40-34(36)24-13-5-2-6-14-24/h1-22,33-34H. The number of carbonyl (C=O) groups is 2. The maximum atomic E-state index is 13.9. The summed E-state index contributed by atoms with van der Waals surface area (Å²) in [6.45, 7) is 0. The molecule has 194 valence electrons. The van der Waals surface area contributed by atoms with Gasteiger partial charge in [0.05, 0.1) is 11.1 Å². The number of anilines is 2. The number of rotatable bonds is 4. The molecule has 2 aliphatic heterocycles. The number of benzene rings is 5. The van der Waals surface area contributed by atoms with Gasteiger partial charge in [-0.1, -0.05) is 108 Å². The van der Waals surface area contributed by atoms with E-state index in [0.29, 0.717) is 11.1 Å². The van der Waals surface area contributed by atoms with Crippen molar-refractivity contribution in [3.63, 3.8) is 0 Å². The summed E-state index contributed by atoms with van der Waals surface area (Å²) < 4.78 is 0. The molecule has 2 atom stereocenters. The van der Waals surface area contributed by atoms with Gasteiger partial charge < -0.3 is 0 Å². The topological polar surface area (TPSA) is 40.6 Å². The summed E-state index contributed by atoms with van der Waals surface area (Å²) in [6, 6.07) is 43.6. The molecule has 5 aromatic rings. The van der Waals surface area contributed by atoms with Crippen LogP contribution >= 0.6 is 23.5 Å². The van der Waals surface area contributed by atoms with E-state index < -0.39 is 0 Å². The van der Waals surface area contributed by atoms with Crippen molar-refractivity contribution in [2.45, 2.75) is 20.5 Å². The fourth-order valence-electron chi connectivity index (χ4n) is 5.26. The Kier molecular flexibility index (Phi) is 6.42. The van der Waals surface area contributed by atoms with Gasteiger partial charge in [0.1, 0.15) is 10.7 Å². The summed E-state index contributed by atoms with van der Waals surface area (Å²) in [7, 11) is 0. The van der Waals surface area contributed by atoms with E-state index in [1.54, 1.807) is 23.5 Å². The van der Waals surface area contributed by atoms with E-state index in [4.69, 9.17) is 0 Å². The highest BCUT2D eigenvalue weighted by Crippen LogP contribution is 2.49. The summed E-state index contributed by atoms with van der Waals surface area (Å²) >= 11 is 3.35. The van der Waals surface area contributed by atoms with Crippen LogP contribution in [0, 0.1) is 0 Å². The van der Waals surface area contributed by atoms with E-state index in [-0.39, 0.29) is 22.6 Å². The van der Waals surface area contributed by atoms with Gasteiger partial charge in [0.2, 0.25) is 0 Å². The Labute approximate surface area is 241 Å². The molecule has 7 rings (SSSR count). The second kappa shape index (κ2) is 10.4. The fourth-order valence-corrected chi connectivity index (χ4v) is 7.85. The van der Waals surface area contributed by atoms with Crippen molar-refractivity contribution >= 4 is 46.7 Å². The second-order valence-electron chi connectivity index (χ2n) is 9.62. The average molecular weight is 557 g/mol. The molecule has 0 aliphatic carbocycles. The van der Waals surface area contributed by atoms with Crippen molar-refractivity contribution in [3.05, 3.63) is 156 Å². The first-order chi connectivity index (χ1) is 19.7. The minimum Gasteiger partial charge on any atom is -0.291 e. The zero-order valence-electron chi connectivity index (χ0n) is 21.4. The smallest absolute Gasteiger partial charge is 0.260 e. The Hall–Kier alpha value is -4.26. The lowest BCUT2D eigenvalue weighted by molar-refractivity contribution is 0.0970. The molecule has 0 radical (unpaired) electrons. The van der Waals surface area contributed by atoms with E-state index in [1.807, 2.05) is 119 Å². The summed E-state index contributed by atoms with van der Waals surface area (Å²) in [6.07, 6.45) is 0. The molecule has 2 unspecified atom stereocenters. The molecule has 0 N–H and O–H groups in total. The van der Waals surface area contributed by atoms with Crippen molar-refractivity contribution in [2.75, 3.05) is 9.80 Å². The lowest BCUT2D eigenvalue weighted by atomic mass is 10.1. The van der Waals surface area contributed by atoms with Crippen molar-refractivity contribution in [2.24, 2.45) is 0 Å². The number of amides is 2. The zero-order chi connectivity index (χ0) is 27.1. The van der Waals surface area contributed by atoms with Gasteiger partial charge in [0, 0.05) is 21.2 Å². The van der Waals surface area contributed by atoms with E-state index in [2.05, 4.69) is 24.3 Å². The van der Waals surface area contributed by atoms with Gasteiger partial charge in [-0.25, -0.2) is 0 Å². The molecule has 0 spiro atoms. The van der Waals surface area contributed by atoms with Gasteiger partial charge >= 0.3 is 0 Å². The van der Waals surface area contributed by atoms with Crippen LogP contribution in [0.1, 0.15) is 42.6 Å². The van der Waals surface area contributed by atoms with Gasteiger partial charge in [0.15, 0.2) is 0 Å². The average Bonchev–Trinajstić information content (AvgIpc) is 3.02. The minimum atomic E-state index is -0.203. The molecule has 4 nitrogen and oxygen atoms in total. The third-order valence-electron chi connectivity index (χ3n) is 7.19. The van der Waals surface area contributed by atoms with Crippen LogP contribution in [0.4, 0.5) is 11.4 Å². The van der Waals surface area contributed by atoms with Crippen molar-refractivity contribution in [1.82, 2.24) is 0 Å². The predicted molar refractivity (Wildman–Crippen MR) is 163 cm³/mol. The molecule has 2 amide bonds. The minimum absolute atomic E-state index is 0.0309. The van der Waals surface area contributed by atoms with Gasteiger partial charge in [-0.15, -0.1) is 0 Å². The molecule has 5 aromatic carbocycles. The number of hydrogen-bond donors (Lipinski definition) is 0. The van der Waals surface area contributed by atoms with Crippen LogP contribution in [-0.2, 0) is 0 Å². The molecular formula is C34H24N2O2S2. The normalized spacial score (nSPS) is 18.3. The Morgan fingerprint density at radius 3 is 1.18 bits per heavy atom. The number of hydrogen-bond acceptors (Lipinski definition) is 4. The SMILES string of the molecule is O=C1c2ccccc2SC(c2ccccc2)N1c1ccc(N2C(=O)c3ccccc3SC2c2ccccc2)cc1. The van der Waals surface area contributed by atoms with Gasteiger partial charge in [-0.3, -0.25) is 19.4 Å². The zero-order valence-corrected chi connectivity index (χ0v) is 23.0. The molecule has 2 heterocycles. The van der Waals surface area contributed by atoms with Gasteiger partial charge in [0.25, 0.3) is 11.8 Å². The van der Waals surface area contributed by atoms with E-state index in [9.17, 15) is 9.59 Å². The van der Waals surface area contributed by atoms with Gasteiger partial charge in [-0.2, -0.15) is 0 Å². The van der Waals surface area contributed by atoms with E-state index in [1.165, 1.54) is 0 Å². The van der Waals surface area contributed by atoms with Crippen molar-refractivity contribution < 1.29 is 9.59 Å². The summed E-state index contributed by atoms with van der Waals surface area (Å²) in [4.78, 5) is 33.4. The first-order valence-corrected chi connectivity index (χ1v) is 14.8. The Morgan fingerprint density at radius 2 is 0.775 bits per heavy atom. The highest BCUT2D eigenvalue weighted by Gasteiger charge is 2.37. The lowest BCUT2D eigenvalue weighted by Gasteiger charge is -2.38. The highest BCUT2D eigenvalue weighted by atomic mass is 32.2. The fraction of sp³-hybridized carbons (Fsp3) is 0.0588. The van der Waals surface area contributed by atoms with Gasteiger partial charge in [-0.05, 0) is 59.7 Å². The molecular weight excluding hydrogens is 533 g/mol. The maximum absolute atomic E-state index is 13.9. The monoisotopic (exact) mass is 556 g/mol. The summed E-state index contributed by atoms with van der Waals surface area (Å²) in [5.74, 6) is -0.0618. The molecule has 40 heavy (non-hydrogen) atoms. The maximum Gasteiger partial charge on any atom is 0.260 e. The second-order valence-corrected chi connectivity index (χ2v) is 11.9. The Bertz CT molecular complexity index is 1580. The molecule has 6 heteroatoms. The van der Waals surface area contributed by atoms with Crippen LogP contribution in [0.2, 0.25) is 0 Å². The van der Waals surface area contributed by atoms with Crippen LogP contribution in [-0.4, -0.2) is 11.8 Å². The first kappa shape index (κ1) is 24.8. The first-order valence-electron chi connectivity index (χ1n) is 13.1. The van der Waals surface area contributed by atoms with Crippen LogP contribution in [0.25, 0.3) is 0 Å². The van der Waals surface area contributed by atoms with Crippen LogP contribution in [0.5, 0.6) is 0 Å². The number of fused-ring (bicyclic) bond motifs is 2. The molecule has 0 aromatic heterocycles. The molecule has 0 fully saturated rings. The number of carbonyl (C=O) groups excluding carboxylic acids is 2. The third-order valence-corrected chi connectivity index (χ3v) is 9.83. The van der Waals surface area contributed by atoms with Crippen molar-refractivity contribution in [3.8, 4) is 0 Å². The van der Waals surface area contributed by atoms with E-state index >= 15 is 0 Å². The molecule has 2 aliphatic rings. The highest BCUT2D eigenvalue weighted by molar-refractivity contribution is 8.00. The molecule has 0 bridgehead atoms. The summed E-state index contributed by atoms with van der Waals surface area (Å²) in [5.41, 5.74) is 5.10.